The summed E-state index contributed by atoms with van der Waals surface area (Å²) in [5, 5.41) is 3.22. The highest BCUT2D eigenvalue weighted by Crippen LogP contribution is 2.28. The van der Waals surface area contributed by atoms with Crippen LogP contribution in [0.25, 0.3) is 22.2 Å². The molecule has 0 bridgehead atoms. The van der Waals surface area contributed by atoms with Crippen LogP contribution in [0, 0.1) is 0 Å². The Morgan fingerprint density at radius 3 is 2.44 bits per heavy atom. The first kappa shape index (κ1) is 21.7. The van der Waals surface area contributed by atoms with Crippen molar-refractivity contribution in [1.29, 1.82) is 0 Å². The molecular formula is C26H21N5O2S. The average Bonchev–Trinajstić information content (AvgIpc) is 2.88. The molecule has 168 valence electrons. The molecule has 0 aliphatic heterocycles. The monoisotopic (exact) mass is 467 g/mol. The van der Waals surface area contributed by atoms with Gasteiger partial charge in [0, 0.05) is 36.4 Å². The average molecular weight is 468 g/mol. The summed E-state index contributed by atoms with van der Waals surface area (Å²) in [4.78, 5) is 13.4. The van der Waals surface area contributed by atoms with E-state index in [1.54, 1.807) is 42.9 Å². The van der Waals surface area contributed by atoms with Crippen molar-refractivity contribution in [3.05, 3.63) is 109 Å². The van der Waals surface area contributed by atoms with Gasteiger partial charge in [0.1, 0.15) is 5.82 Å². The Kier molecular flexibility index (Phi) is 5.99. The maximum atomic E-state index is 12.8. The third-order valence-corrected chi connectivity index (χ3v) is 6.70. The third-order valence-electron chi connectivity index (χ3n) is 5.30. The summed E-state index contributed by atoms with van der Waals surface area (Å²) >= 11 is 0. The van der Waals surface area contributed by atoms with Gasteiger partial charge in [-0.15, -0.1) is 0 Å². The lowest BCUT2D eigenvalue weighted by Gasteiger charge is -2.11. The molecule has 3 aromatic heterocycles. The van der Waals surface area contributed by atoms with E-state index in [-0.39, 0.29) is 11.4 Å². The number of hydrogen-bond donors (Lipinski definition) is 2. The molecule has 7 nitrogen and oxygen atoms in total. The van der Waals surface area contributed by atoms with Gasteiger partial charge in [-0.05, 0) is 59.7 Å². The van der Waals surface area contributed by atoms with Gasteiger partial charge in [0.2, 0.25) is 10.0 Å². The number of aromatic nitrogens is 3. The Morgan fingerprint density at radius 1 is 0.794 bits per heavy atom. The highest BCUT2D eigenvalue weighted by atomic mass is 32.2. The first-order valence-electron chi connectivity index (χ1n) is 10.7. The van der Waals surface area contributed by atoms with Crippen LogP contribution in [-0.4, -0.2) is 23.4 Å². The van der Waals surface area contributed by atoms with Crippen LogP contribution in [0.3, 0.4) is 0 Å². The minimum atomic E-state index is -3.68. The van der Waals surface area contributed by atoms with Gasteiger partial charge in [0.05, 0.1) is 15.9 Å². The molecule has 0 aliphatic rings. The van der Waals surface area contributed by atoms with Gasteiger partial charge in [-0.1, -0.05) is 36.4 Å². The van der Waals surface area contributed by atoms with Gasteiger partial charge in [-0.3, -0.25) is 9.97 Å². The van der Waals surface area contributed by atoms with Crippen LogP contribution in [0.5, 0.6) is 0 Å². The first-order chi connectivity index (χ1) is 16.6. The predicted molar refractivity (Wildman–Crippen MR) is 133 cm³/mol. The van der Waals surface area contributed by atoms with Crippen molar-refractivity contribution < 1.29 is 8.42 Å². The maximum absolute atomic E-state index is 12.8. The number of benzene rings is 2. The van der Waals surface area contributed by atoms with Crippen molar-refractivity contribution >= 4 is 32.6 Å². The fourth-order valence-corrected chi connectivity index (χ4v) is 4.67. The molecule has 0 fully saturated rings. The SMILES string of the molecule is O=S(=O)(NCc1ccccc1)c1cccc(Nc2ccc3nccc(-c4ccncc4)c3n2)c1. The third kappa shape index (κ3) is 4.78. The van der Waals surface area contributed by atoms with Crippen LogP contribution in [0.1, 0.15) is 5.56 Å². The highest BCUT2D eigenvalue weighted by molar-refractivity contribution is 7.89. The van der Waals surface area contributed by atoms with E-state index in [1.807, 2.05) is 60.7 Å². The summed E-state index contributed by atoms with van der Waals surface area (Å²) < 4.78 is 28.3. The van der Waals surface area contributed by atoms with E-state index in [4.69, 9.17) is 4.98 Å². The minimum absolute atomic E-state index is 0.174. The second-order valence-electron chi connectivity index (χ2n) is 7.62. The summed E-state index contributed by atoms with van der Waals surface area (Å²) in [5.41, 5.74) is 4.94. The predicted octanol–water partition coefficient (Wildman–Crippen LogP) is 4.91. The van der Waals surface area contributed by atoms with Crippen molar-refractivity contribution in [2.75, 3.05) is 5.32 Å². The van der Waals surface area contributed by atoms with Crippen molar-refractivity contribution in [2.45, 2.75) is 11.4 Å². The number of hydrogen-bond acceptors (Lipinski definition) is 6. The summed E-state index contributed by atoms with van der Waals surface area (Å²) in [6.07, 6.45) is 5.23. The van der Waals surface area contributed by atoms with Crippen molar-refractivity contribution in [2.24, 2.45) is 0 Å². The topological polar surface area (TPSA) is 96.9 Å². The Hall–Kier alpha value is -4.14. The van der Waals surface area contributed by atoms with Gasteiger partial charge in [-0.2, -0.15) is 0 Å². The molecule has 0 aliphatic carbocycles. The van der Waals surface area contributed by atoms with Crippen LogP contribution in [0.15, 0.2) is 108 Å². The van der Waals surface area contributed by atoms with Crippen molar-refractivity contribution in [3.8, 4) is 11.1 Å². The van der Waals surface area contributed by atoms with Crippen LogP contribution < -0.4 is 10.0 Å². The van der Waals surface area contributed by atoms with Crippen molar-refractivity contribution in [3.63, 3.8) is 0 Å². The Labute approximate surface area is 197 Å². The first-order valence-corrected chi connectivity index (χ1v) is 12.1. The zero-order valence-corrected chi connectivity index (χ0v) is 18.9. The highest BCUT2D eigenvalue weighted by Gasteiger charge is 2.15. The Balaban J connectivity index is 1.41. The molecular weight excluding hydrogens is 446 g/mol. The molecule has 34 heavy (non-hydrogen) atoms. The minimum Gasteiger partial charge on any atom is -0.340 e. The van der Waals surface area contributed by atoms with E-state index in [2.05, 4.69) is 20.0 Å². The number of nitrogens with zero attached hydrogens (tertiary/aromatic N) is 3. The molecule has 0 amide bonds. The lowest BCUT2D eigenvalue weighted by atomic mass is 10.1. The lowest BCUT2D eigenvalue weighted by Crippen LogP contribution is -2.23. The molecule has 3 heterocycles. The number of fused-ring (bicyclic) bond motifs is 1. The standard InChI is InChI=1S/C26H21N5O2S/c32-34(33,29-18-19-5-2-1-3-6-19)22-8-4-7-21(17-22)30-25-10-9-24-26(31-25)23(13-16-28-24)20-11-14-27-15-12-20/h1-17,29H,18H2,(H,30,31). The molecule has 5 rings (SSSR count). The second kappa shape index (κ2) is 9.38. The second-order valence-corrected chi connectivity index (χ2v) is 9.39. The van der Waals surface area contributed by atoms with Gasteiger partial charge in [0.15, 0.2) is 0 Å². The molecule has 2 N–H and O–H groups in total. The Morgan fingerprint density at radius 2 is 1.62 bits per heavy atom. The van der Waals surface area contributed by atoms with Crippen LogP contribution in [0.2, 0.25) is 0 Å². The number of nitrogens with one attached hydrogen (secondary N) is 2. The summed E-state index contributed by atoms with van der Waals surface area (Å²) in [6, 6.07) is 25.5. The fraction of sp³-hybridized carbons (Fsp3) is 0.0385. The molecule has 2 aromatic carbocycles. The Bertz CT molecular complexity index is 1540. The van der Waals surface area contributed by atoms with E-state index >= 15 is 0 Å². The smallest absolute Gasteiger partial charge is 0.240 e. The van der Waals surface area contributed by atoms with E-state index in [0.29, 0.717) is 11.5 Å². The maximum Gasteiger partial charge on any atom is 0.240 e. The summed E-state index contributed by atoms with van der Waals surface area (Å²) in [7, 11) is -3.68. The van der Waals surface area contributed by atoms with E-state index < -0.39 is 10.0 Å². The van der Waals surface area contributed by atoms with E-state index in [1.165, 1.54) is 0 Å². The molecule has 0 unspecified atom stereocenters. The molecule has 0 atom stereocenters. The molecule has 8 heteroatoms. The zero-order chi connectivity index (χ0) is 23.4. The number of anilines is 2. The van der Waals surface area contributed by atoms with E-state index in [9.17, 15) is 8.42 Å². The van der Waals surface area contributed by atoms with Crippen LogP contribution in [0.4, 0.5) is 11.5 Å². The number of rotatable bonds is 7. The van der Waals surface area contributed by atoms with Crippen molar-refractivity contribution in [1.82, 2.24) is 19.7 Å². The number of sulfonamides is 1. The molecule has 5 aromatic rings. The lowest BCUT2D eigenvalue weighted by molar-refractivity contribution is 0.581. The molecule has 0 saturated heterocycles. The molecule has 0 radical (unpaired) electrons. The quantitative estimate of drug-likeness (QED) is 0.353. The number of pyridine rings is 3. The van der Waals surface area contributed by atoms with Crippen LogP contribution in [-0.2, 0) is 16.6 Å². The summed E-state index contributed by atoms with van der Waals surface area (Å²) in [6.45, 7) is 0.220. The van der Waals surface area contributed by atoms with Gasteiger partial charge >= 0.3 is 0 Å². The van der Waals surface area contributed by atoms with Gasteiger partial charge in [-0.25, -0.2) is 18.1 Å². The van der Waals surface area contributed by atoms with E-state index in [0.717, 1.165) is 27.7 Å². The molecule has 0 saturated carbocycles. The summed E-state index contributed by atoms with van der Waals surface area (Å²) in [5.74, 6) is 0.586. The normalized spacial score (nSPS) is 11.4. The largest absolute Gasteiger partial charge is 0.340 e. The fourth-order valence-electron chi connectivity index (χ4n) is 3.61. The van der Waals surface area contributed by atoms with Gasteiger partial charge in [0.25, 0.3) is 0 Å². The van der Waals surface area contributed by atoms with Gasteiger partial charge < -0.3 is 5.32 Å². The zero-order valence-electron chi connectivity index (χ0n) is 18.1. The van der Waals surface area contributed by atoms with Crippen LogP contribution >= 0.6 is 0 Å². The molecule has 0 spiro atoms.